The van der Waals surface area contributed by atoms with E-state index in [-0.39, 0.29) is 18.5 Å². The topological polar surface area (TPSA) is 60.0 Å². The van der Waals surface area contributed by atoms with E-state index < -0.39 is 0 Å². The average molecular weight is 433 g/mol. The summed E-state index contributed by atoms with van der Waals surface area (Å²) in [7, 11) is 4.90. The number of nitrogens with one attached hydrogen (secondary N) is 1. The van der Waals surface area contributed by atoms with Gasteiger partial charge in [0.05, 0.1) is 33.9 Å². The molecule has 0 saturated carbocycles. The van der Waals surface area contributed by atoms with Gasteiger partial charge in [-0.2, -0.15) is 0 Å². The minimum absolute atomic E-state index is 0.0594. The number of rotatable bonds is 7. The summed E-state index contributed by atoms with van der Waals surface area (Å²) < 4.78 is 16.3. The molecule has 6 heteroatoms. The summed E-state index contributed by atoms with van der Waals surface area (Å²) in [5, 5.41) is 3.00. The number of hydrogen-bond donors (Lipinski definition) is 1. The highest BCUT2D eigenvalue weighted by atomic mass is 16.5. The first-order valence-corrected chi connectivity index (χ1v) is 10.6. The largest absolute Gasteiger partial charge is 0.497 e. The van der Waals surface area contributed by atoms with Crippen molar-refractivity contribution < 1.29 is 19.0 Å². The van der Waals surface area contributed by atoms with Gasteiger partial charge in [-0.1, -0.05) is 36.4 Å². The molecule has 1 amide bonds. The van der Waals surface area contributed by atoms with Crippen molar-refractivity contribution in [1.82, 2.24) is 4.90 Å². The number of hydrogen-bond acceptors (Lipinski definition) is 5. The van der Waals surface area contributed by atoms with Crippen molar-refractivity contribution in [2.75, 3.05) is 39.7 Å². The molecule has 1 N–H and O–H groups in total. The SMILES string of the molecule is COc1cccc(NC(=O)CN2CCc3cc(OC)c(OC)cc3[C@@H]2c2ccccc2)c1. The molecule has 166 valence electrons. The zero-order chi connectivity index (χ0) is 22.5. The molecular weight excluding hydrogens is 404 g/mol. The Kier molecular flexibility index (Phi) is 6.61. The van der Waals surface area contributed by atoms with Gasteiger partial charge in [-0.05, 0) is 47.4 Å². The molecule has 0 saturated heterocycles. The Balaban J connectivity index is 1.64. The van der Waals surface area contributed by atoms with Crippen molar-refractivity contribution in [3.63, 3.8) is 0 Å². The van der Waals surface area contributed by atoms with E-state index in [1.165, 1.54) is 5.56 Å². The highest BCUT2D eigenvalue weighted by Crippen LogP contribution is 2.40. The van der Waals surface area contributed by atoms with E-state index in [2.05, 4.69) is 28.4 Å². The van der Waals surface area contributed by atoms with E-state index in [1.807, 2.05) is 48.5 Å². The van der Waals surface area contributed by atoms with Crippen LogP contribution in [0.25, 0.3) is 0 Å². The first-order chi connectivity index (χ1) is 15.6. The Morgan fingerprint density at radius 1 is 0.938 bits per heavy atom. The van der Waals surface area contributed by atoms with Crippen LogP contribution in [0.15, 0.2) is 66.7 Å². The van der Waals surface area contributed by atoms with Crippen molar-refractivity contribution in [1.29, 1.82) is 0 Å². The molecule has 1 aliphatic rings. The van der Waals surface area contributed by atoms with Crippen molar-refractivity contribution in [2.45, 2.75) is 12.5 Å². The molecular formula is C26H28N2O4. The molecule has 0 unspecified atom stereocenters. The molecule has 1 heterocycles. The molecule has 3 aromatic carbocycles. The number of fused-ring (bicyclic) bond motifs is 1. The van der Waals surface area contributed by atoms with Crippen molar-refractivity contribution in [3.05, 3.63) is 83.4 Å². The van der Waals surface area contributed by atoms with Crippen LogP contribution in [0.4, 0.5) is 5.69 Å². The molecule has 0 spiro atoms. The van der Waals surface area contributed by atoms with Gasteiger partial charge in [0.2, 0.25) is 5.91 Å². The van der Waals surface area contributed by atoms with Crippen molar-refractivity contribution >= 4 is 11.6 Å². The number of carbonyl (C=O) groups is 1. The number of methoxy groups -OCH3 is 3. The van der Waals surface area contributed by atoms with Gasteiger partial charge in [-0.3, -0.25) is 9.69 Å². The monoisotopic (exact) mass is 432 g/mol. The lowest BCUT2D eigenvalue weighted by Gasteiger charge is -2.37. The van der Waals surface area contributed by atoms with Crippen LogP contribution in [-0.4, -0.2) is 45.2 Å². The standard InChI is InChI=1S/C26H28N2O4/c1-30-21-11-7-10-20(15-21)27-25(29)17-28-13-12-19-14-23(31-2)24(32-3)16-22(19)26(28)18-8-5-4-6-9-18/h4-11,14-16,26H,12-13,17H2,1-3H3,(H,27,29)/t26-/m0/s1. The maximum atomic E-state index is 13.0. The van der Waals surface area contributed by atoms with Gasteiger partial charge >= 0.3 is 0 Å². The van der Waals surface area contributed by atoms with E-state index in [1.54, 1.807) is 21.3 Å². The molecule has 32 heavy (non-hydrogen) atoms. The second-order valence-corrected chi connectivity index (χ2v) is 7.72. The van der Waals surface area contributed by atoms with Crippen LogP contribution in [-0.2, 0) is 11.2 Å². The molecule has 4 rings (SSSR count). The zero-order valence-corrected chi connectivity index (χ0v) is 18.6. The van der Waals surface area contributed by atoms with E-state index in [9.17, 15) is 4.79 Å². The smallest absolute Gasteiger partial charge is 0.238 e. The quantitative estimate of drug-likeness (QED) is 0.603. The molecule has 1 atom stereocenters. The fourth-order valence-corrected chi connectivity index (χ4v) is 4.28. The first-order valence-electron chi connectivity index (χ1n) is 10.6. The Labute approximate surface area is 188 Å². The lowest BCUT2D eigenvalue weighted by molar-refractivity contribution is -0.117. The van der Waals surface area contributed by atoms with Gasteiger partial charge in [0, 0.05) is 18.3 Å². The number of benzene rings is 3. The van der Waals surface area contributed by atoms with E-state index in [0.29, 0.717) is 11.5 Å². The fraction of sp³-hybridized carbons (Fsp3) is 0.269. The molecule has 0 radical (unpaired) electrons. The number of anilines is 1. The third kappa shape index (κ3) is 4.55. The highest BCUT2D eigenvalue weighted by molar-refractivity contribution is 5.92. The Morgan fingerprint density at radius 2 is 1.69 bits per heavy atom. The van der Waals surface area contributed by atoms with Gasteiger partial charge in [-0.25, -0.2) is 0 Å². The maximum absolute atomic E-state index is 13.0. The Hall–Kier alpha value is -3.51. The normalized spacial score (nSPS) is 15.5. The van der Waals surface area contributed by atoms with Crippen LogP contribution in [0.5, 0.6) is 17.2 Å². The van der Waals surface area contributed by atoms with Gasteiger partial charge in [0.1, 0.15) is 5.75 Å². The van der Waals surface area contributed by atoms with Gasteiger partial charge in [0.25, 0.3) is 0 Å². The predicted octanol–water partition coefficient (Wildman–Crippen LogP) is 4.30. The summed E-state index contributed by atoms with van der Waals surface area (Å²) in [5.74, 6) is 2.05. The number of ether oxygens (including phenoxy) is 3. The van der Waals surface area contributed by atoms with Gasteiger partial charge in [0.15, 0.2) is 11.5 Å². The predicted molar refractivity (Wildman–Crippen MR) is 125 cm³/mol. The Morgan fingerprint density at radius 3 is 2.41 bits per heavy atom. The van der Waals surface area contributed by atoms with Crippen LogP contribution < -0.4 is 19.5 Å². The molecule has 0 fully saturated rings. The lowest BCUT2D eigenvalue weighted by Crippen LogP contribution is -2.41. The number of carbonyl (C=O) groups excluding carboxylic acids is 1. The summed E-state index contributed by atoms with van der Waals surface area (Å²) in [4.78, 5) is 15.2. The summed E-state index contributed by atoms with van der Waals surface area (Å²) >= 11 is 0. The minimum Gasteiger partial charge on any atom is -0.497 e. The van der Waals surface area contributed by atoms with E-state index >= 15 is 0 Å². The van der Waals surface area contributed by atoms with Crippen LogP contribution >= 0.6 is 0 Å². The van der Waals surface area contributed by atoms with Crippen LogP contribution in [0, 0.1) is 0 Å². The molecule has 0 aromatic heterocycles. The molecule has 1 aliphatic heterocycles. The molecule has 6 nitrogen and oxygen atoms in total. The van der Waals surface area contributed by atoms with Crippen LogP contribution in [0.3, 0.4) is 0 Å². The van der Waals surface area contributed by atoms with Crippen LogP contribution in [0.1, 0.15) is 22.7 Å². The third-order valence-corrected chi connectivity index (χ3v) is 5.79. The summed E-state index contributed by atoms with van der Waals surface area (Å²) in [5.41, 5.74) is 4.19. The second-order valence-electron chi connectivity index (χ2n) is 7.72. The van der Waals surface area contributed by atoms with Crippen LogP contribution in [0.2, 0.25) is 0 Å². The molecule has 0 aliphatic carbocycles. The maximum Gasteiger partial charge on any atom is 0.238 e. The van der Waals surface area contributed by atoms with Gasteiger partial charge in [-0.15, -0.1) is 0 Å². The lowest BCUT2D eigenvalue weighted by atomic mass is 9.87. The van der Waals surface area contributed by atoms with E-state index in [0.717, 1.165) is 35.5 Å². The van der Waals surface area contributed by atoms with Crippen molar-refractivity contribution in [3.8, 4) is 17.2 Å². The summed E-state index contributed by atoms with van der Waals surface area (Å²) in [6, 6.07) is 21.7. The number of nitrogens with zero attached hydrogens (tertiary/aromatic N) is 1. The minimum atomic E-state index is -0.0666. The number of amides is 1. The molecule has 0 bridgehead atoms. The van der Waals surface area contributed by atoms with Gasteiger partial charge < -0.3 is 19.5 Å². The first kappa shape index (κ1) is 21.7. The molecule has 3 aromatic rings. The Bertz CT molecular complexity index is 1080. The zero-order valence-electron chi connectivity index (χ0n) is 18.6. The fourth-order valence-electron chi connectivity index (χ4n) is 4.28. The third-order valence-electron chi connectivity index (χ3n) is 5.79. The van der Waals surface area contributed by atoms with E-state index in [4.69, 9.17) is 14.2 Å². The van der Waals surface area contributed by atoms with Crippen molar-refractivity contribution in [2.24, 2.45) is 0 Å². The summed E-state index contributed by atoms with van der Waals surface area (Å²) in [6.45, 7) is 1.03. The average Bonchev–Trinajstić information content (AvgIpc) is 2.83. The highest BCUT2D eigenvalue weighted by Gasteiger charge is 2.31. The summed E-state index contributed by atoms with van der Waals surface area (Å²) in [6.07, 6.45) is 0.825. The second kappa shape index (κ2) is 9.75.